The number of benzene rings is 2. The van der Waals surface area contributed by atoms with Crippen LogP contribution in [0.3, 0.4) is 0 Å². The minimum Gasteiger partial charge on any atom is -0.324 e. The number of aromatic nitrogens is 2. The summed E-state index contributed by atoms with van der Waals surface area (Å²) in [6.07, 6.45) is -1.75. The number of hydrogen-bond acceptors (Lipinski definition) is 3. The first-order valence-electron chi connectivity index (χ1n) is 10.6. The molecule has 2 heterocycles. The maximum absolute atomic E-state index is 13.8. The van der Waals surface area contributed by atoms with Crippen LogP contribution in [0.1, 0.15) is 22.4 Å². The van der Waals surface area contributed by atoms with Crippen molar-refractivity contribution in [2.75, 3.05) is 5.32 Å². The van der Waals surface area contributed by atoms with Crippen LogP contribution in [0.25, 0.3) is 22.4 Å². The molecule has 1 amide bonds. The summed E-state index contributed by atoms with van der Waals surface area (Å²) in [5, 5.41) is 2.70. The molecule has 0 fully saturated rings. The average Bonchev–Trinajstić information content (AvgIpc) is 2.79. The van der Waals surface area contributed by atoms with Crippen LogP contribution in [-0.2, 0) is 17.4 Å². The highest BCUT2D eigenvalue weighted by atomic mass is 19.4. The lowest BCUT2D eigenvalue weighted by molar-refractivity contribution is -0.137. The Labute approximate surface area is 195 Å². The van der Waals surface area contributed by atoms with Crippen molar-refractivity contribution in [3.63, 3.8) is 0 Å². The predicted molar refractivity (Wildman–Crippen MR) is 126 cm³/mol. The summed E-state index contributed by atoms with van der Waals surface area (Å²) < 4.78 is 41.3. The van der Waals surface area contributed by atoms with Gasteiger partial charge in [0.05, 0.1) is 29.6 Å². The van der Waals surface area contributed by atoms with E-state index in [1.165, 1.54) is 24.5 Å². The van der Waals surface area contributed by atoms with Gasteiger partial charge < -0.3 is 5.32 Å². The number of halogens is 3. The highest BCUT2D eigenvalue weighted by molar-refractivity contribution is 5.92. The largest absolute Gasteiger partial charge is 0.417 e. The highest BCUT2D eigenvalue weighted by Crippen LogP contribution is 2.38. The van der Waals surface area contributed by atoms with Gasteiger partial charge in [0.15, 0.2) is 0 Å². The van der Waals surface area contributed by atoms with E-state index >= 15 is 0 Å². The Hall–Kier alpha value is -4.00. The van der Waals surface area contributed by atoms with Gasteiger partial charge in [-0.25, -0.2) is 0 Å². The van der Waals surface area contributed by atoms with Crippen LogP contribution in [0.4, 0.5) is 18.9 Å². The molecule has 172 valence electrons. The second-order valence-electron chi connectivity index (χ2n) is 8.09. The topological polar surface area (TPSA) is 54.9 Å². The third-order valence-corrected chi connectivity index (χ3v) is 5.32. The monoisotopic (exact) mass is 461 g/mol. The van der Waals surface area contributed by atoms with Crippen molar-refractivity contribution in [1.29, 1.82) is 0 Å². The summed E-state index contributed by atoms with van der Waals surface area (Å²) in [5.74, 6) is -0.425. The Bertz CT molecular complexity index is 1330. The van der Waals surface area contributed by atoms with Crippen molar-refractivity contribution in [2.24, 2.45) is 0 Å². The van der Waals surface area contributed by atoms with Gasteiger partial charge in [0.1, 0.15) is 0 Å². The molecule has 0 radical (unpaired) electrons. The quantitative estimate of drug-likeness (QED) is 0.363. The third kappa shape index (κ3) is 5.49. The average molecular weight is 461 g/mol. The number of aryl methyl sites for hydroxylation is 2. The Kier molecular flexibility index (Phi) is 6.45. The van der Waals surface area contributed by atoms with Crippen molar-refractivity contribution in [2.45, 2.75) is 26.4 Å². The second kappa shape index (κ2) is 9.47. The van der Waals surface area contributed by atoms with E-state index in [2.05, 4.69) is 15.3 Å². The van der Waals surface area contributed by atoms with Crippen LogP contribution in [-0.4, -0.2) is 15.9 Å². The maximum atomic E-state index is 13.8. The molecule has 34 heavy (non-hydrogen) atoms. The van der Waals surface area contributed by atoms with Crippen LogP contribution in [0.2, 0.25) is 0 Å². The van der Waals surface area contributed by atoms with E-state index in [-0.39, 0.29) is 17.5 Å². The van der Waals surface area contributed by atoms with Crippen LogP contribution < -0.4 is 5.32 Å². The van der Waals surface area contributed by atoms with Gasteiger partial charge in [-0.1, -0.05) is 35.9 Å². The molecule has 4 aromatic rings. The Morgan fingerprint density at radius 3 is 2.41 bits per heavy atom. The zero-order valence-electron chi connectivity index (χ0n) is 18.6. The van der Waals surface area contributed by atoms with Crippen LogP contribution >= 0.6 is 0 Å². The van der Waals surface area contributed by atoms with E-state index < -0.39 is 17.6 Å². The summed E-state index contributed by atoms with van der Waals surface area (Å²) in [5.41, 5.74) is 3.89. The van der Waals surface area contributed by atoms with Gasteiger partial charge in [0, 0.05) is 17.5 Å². The molecular weight excluding hydrogens is 439 g/mol. The maximum Gasteiger partial charge on any atom is 0.417 e. The van der Waals surface area contributed by atoms with Crippen molar-refractivity contribution in [3.05, 3.63) is 102 Å². The molecular formula is C27H22F3N3O. The molecule has 7 heteroatoms. The van der Waals surface area contributed by atoms with Crippen molar-refractivity contribution in [1.82, 2.24) is 9.97 Å². The van der Waals surface area contributed by atoms with Gasteiger partial charge >= 0.3 is 6.18 Å². The second-order valence-corrected chi connectivity index (χ2v) is 8.09. The molecule has 2 aromatic heterocycles. The lowest BCUT2D eigenvalue weighted by atomic mass is 9.96. The number of alkyl halides is 3. The smallest absolute Gasteiger partial charge is 0.324 e. The van der Waals surface area contributed by atoms with Crippen LogP contribution in [0, 0.1) is 13.8 Å². The highest BCUT2D eigenvalue weighted by Gasteiger charge is 2.34. The first-order valence-corrected chi connectivity index (χ1v) is 10.6. The number of amides is 1. The lowest BCUT2D eigenvalue weighted by Crippen LogP contribution is -2.15. The van der Waals surface area contributed by atoms with E-state index in [0.29, 0.717) is 16.9 Å². The molecule has 4 nitrogen and oxygen atoms in total. The zero-order valence-corrected chi connectivity index (χ0v) is 18.6. The molecule has 0 aliphatic heterocycles. The Morgan fingerprint density at radius 1 is 0.912 bits per heavy atom. The Balaban J connectivity index is 1.50. The molecule has 2 aromatic carbocycles. The number of carbonyl (C=O) groups excluding carboxylic acids is 1. The minimum absolute atomic E-state index is 0.0538. The first kappa shape index (κ1) is 23.2. The SMILES string of the molecule is Cc1cccc(-c2ccc(NC(=O)Cc3ccc(-c4ccnc(C)c4)c(C(F)(F)F)c3)cn2)c1. The van der Waals surface area contributed by atoms with Gasteiger partial charge in [0.25, 0.3) is 0 Å². The molecule has 0 saturated carbocycles. The van der Waals surface area contributed by atoms with Gasteiger partial charge in [-0.05, 0) is 66.9 Å². The number of carbonyl (C=O) groups is 1. The summed E-state index contributed by atoms with van der Waals surface area (Å²) >= 11 is 0. The van der Waals surface area contributed by atoms with Crippen molar-refractivity contribution in [3.8, 4) is 22.4 Å². The number of hydrogen-bond donors (Lipinski definition) is 1. The molecule has 0 bridgehead atoms. The summed E-state index contributed by atoms with van der Waals surface area (Å²) in [7, 11) is 0. The number of nitrogens with zero attached hydrogens (tertiary/aromatic N) is 2. The number of anilines is 1. The fourth-order valence-corrected chi connectivity index (χ4v) is 3.73. The van der Waals surface area contributed by atoms with Crippen LogP contribution in [0.15, 0.2) is 79.1 Å². The Morgan fingerprint density at radius 2 is 1.74 bits per heavy atom. The van der Waals surface area contributed by atoms with Gasteiger partial charge in [-0.15, -0.1) is 0 Å². The van der Waals surface area contributed by atoms with Crippen molar-refractivity contribution >= 4 is 11.6 Å². The minimum atomic E-state index is -4.56. The van der Waals surface area contributed by atoms with Crippen molar-refractivity contribution < 1.29 is 18.0 Å². The fraction of sp³-hybridized carbons (Fsp3) is 0.148. The number of nitrogens with one attached hydrogen (secondary N) is 1. The molecule has 4 rings (SSSR count). The molecule has 0 aliphatic rings. The van der Waals surface area contributed by atoms with E-state index in [0.717, 1.165) is 22.9 Å². The normalized spacial score (nSPS) is 11.3. The summed E-state index contributed by atoms with van der Waals surface area (Å²) in [6, 6.07) is 18.5. The fourth-order valence-electron chi connectivity index (χ4n) is 3.73. The summed E-state index contributed by atoms with van der Waals surface area (Å²) in [4.78, 5) is 20.9. The third-order valence-electron chi connectivity index (χ3n) is 5.32. The molecule has 0 saturated heterocycles. The summed E-state index contributed by atoms with van der Waals surface area (Å²) in [6.45, 7) is 3.71. The molecule has 0 aliphatic carbocycles. The molecule has 0 atom stereocenters. The predicted octanol–water partition coefficient (Wildman–Crippen LogP) is 6.63. The van der Waals surface area contributed by atoms with Crippen LogP contribution in [0.5, 0.6) is 0 Å². The standard InChI is InChI=1S/C27H22F3N3O/c1-17-4-3-5-21(12-17)25-9-7-22(16-32-25)33-26(34)15-19-6-8-23(24(14-19)27(28,29)30)20-10-11-31-18(2)13-20/h3-14,16H,15H2,1-2H3,(H,33,34). The number of pyridine rings is 2. The van der Waals surface area contributed by atoms with Gasteiger partial charge in [0.2, 0.25) is 5.91 Å². The van der Waals surface area contributed by atoms with Gasteiger partial charge in [-0.2, -0.15) is 13.2 Å². The van der Waals surface area contributed by atoms with E-state index in [1.807, 2.05) is 31.2 Å². The first-order chi connectivity index (χ1) is 16.2. The van der Waals surface area contributed by atoms with E-state index in [1.54, 1.807) is 31.2 Å². The van der Waals surface area contributed by atoms with E-state index in [9.17, 15) is 18.0 Å². The van der Waals surface area contributed by atoms with Gasteiger partial charge in [-0.3, -0.25) is 14.8 Å². The molecule has 0 spiro atoms. The zero-order chi connectivity index (χ0) is 24.3. The molecule has 1 N–H and O–H groups in total. The molecule has 0 unspecified atom stereocenters. The lowest BCUT2D eigenvalue weighted by Gasteiger charge is -2.15. The number of rotatable bonds is 5. The van der Waals surface area contributed by atoms with E-state index in [4.69, 9.17) is 0 Å².